The highest BCUT2D eigenvalue weighted by Gasteiger charge is 2.08. The number of carboxylic acids is 1. The minimum absolute atomic E-state index is 0.672. The summed E-state index contributed by atoms with van der Waals surface area (Å²) in [7, 11) is 1.58. The third-order valence-corrected chi connectivity index (χ3v) is 2.74. The van der Waals surface area contributed by atoms with Crippen molar-refractivity contribution < 1.29 is 14.6 Å². The third kappa shape index (κ3) is 3.01. The molecule has 2 rings (SSSR count). The van der Waals surface area contributed by atoms with E-state index in [9.17, 15) is 4.79 Å². The molecule has 0 heterocycles. The zero-order valence-electron chi connectivity index (χ0n) is 10.5. The summed E-state index contributed by atoms with van der Waals surface area (Å²) >= 11 is 0. The number of hydrogen-bond donors (Lipinski definition) is 1. The molecule has 2 aromatic rings. The molecule has 0 radical (unpaired) electrons. The van der Waals surface area contributed by atoms with Gasteiger partial charge in [0.05, 0.1) is 7.11 Å². The van der Waals surface area contributed by atoms with Crippen molar-refractivity contribution in [2.24, 2.45) is 0 Å². The topological polar surface area (TPSA) is 46.5 Å². The van der Waals surface area contributed by atoms with Crippen LogP contribution in [0.25, 0.3) is 17.2 Å². The zero-order chi connectivity index (χ0) is 13.7. The molecule has 0 fully saturated rings. The summed E-state index contributed by atoms with van der Waals surface area (Å²) in [4.78, 5) is 10.6. The van der Waals surface area contributed by atoms with Gasteiger partial charge in [0, 0.05) is 17.2 Å². The fourth-order valence-corrected chi connectivity index (χ4v) is 1.92. The molecule has 0 aliphatic carbocycles. The Morgan fingerprint density at radius 3 is 2.47 bits per heavy atom. The van der Waals surface area contributed by atoms with Crippen molar-refractivity contribution in [3.05, 3.63) is 60.2 Å². The van der Waals surface area contributed by atoms with Gasteiger partial charge in [-0.25, -0.2) is 4.79 Å². The quantitative estimate of drug-likeness (QED) is 0.850. The molecule has 0 spiro atoms. The average Bonchev–Trinajstić information content (AvgIpc) is 2.45. The van der Waals surface area contributed by atoms with Crippen molar-refractivity contribution in [3.8, 4) is 16.9 Å². The maximum Gasteiger partial charge on any atom is 0.328 e. The van der Waals surface area contributed by atoms with Crippen molar-refractivity contribution >= 4 is 12.0 Å². The molecule has 0 bridgehead atoms. The van der Waals surface area contributed by atoms with E-state index < -0.39 is 5.97 Å². The molecule has 0 atom stereocenters. The number of ether oxygens (including phenoxy) is 1. The SMILES string of the molecule is COc1c(/C=C/C(=O)O)cccc1-c1ccccc1. The second-order valence-electron chi connectivity index (χ2n) is 3.97. The fraction of sp³-hybridized carbons (Fsp3) is 0.0625. The van der Waals surface area contributed by atoms with Gasteiger partial charge in [-0.3, -0.25) is 0 Å². The van der Waals surface area contributed by atoms with Crippen LogP contribution in [0, 0.1) is 0 Å². The second-order valence-corrected chi connectivity index (χ2v) is 3.97. The molecule has 0 saturated carbocycles. The summed E-state index contributed by atoms with van der Waals surface area (Å²) < 4.78 is 5.42. The lowest BCUT2D eigenvalue weighted by molar-refractivity contribution is -0.131. The highest BCUT2D eigenvalue weighted by atomic mass is 16.5. The van der Waals surface area contributed by atoms with Gasteiger partial charge >= 0.3 is 5.97 Å². The lowest BCUT2D eigenvalue weighted by atomic mass is 10.0. The monoisotopic (exact) mass is 254 g/mol. The van der Waals surface area contributed by atoms with Gasteiger partial charge in [-0.1, -0.05) is 48.5 Å². The fourth-order valence-electron chi connectivity index (χ4n) is 1.92. The summed E-state index contributed by atoms with van der Waals surface area (Å²) in [6.45, 7) is 0. The summed E-state index contributed by atoms with van der Waals surface area (Å²) in [6, 6.07) is 15.5. The third-order valence-electron chi connectivity index (χ3n) is 2.74. The Hall–Kier alpha value is -2.55. The van der Waals surface area contributed by atoms with E-state index in [0.717, 1.165) is 22.8 Å². The minimum atomic E-state index is -0.979. The molecule has 0 aliphatic rings. The molecule has 19 heavy (non-hydrogen) atoms. The number of benzene rings is 2. The molecule has 0 saturated heterocycles. The summed E-state index contributed by atoms with van der Waals surface area (Å²) in [5.74, 6) is -0.307. The lowest BCUT2D eigenvalue weighted by Gasteiger charge is -2.11. The van der Waals surface area contributed by atoms with Crippen LogP contribution < -0.4 is 4.74 Å². The first-order valence-electron chi connectivity index (χ1n) is 5.86. The van der Waals surface area contributed by atoms with Crippen LogP contribution in [0.1, 0.15) is 5.56 Å². The Bertz CT molecular complexity index is 601. The highest BCUT2D eigenvalue weighted by molar-refractivity contribution is 5.87. The molecular weight excluding hydrogens is 240 g/mol. The first kappa shape index (κ1) is 12.9. The first-order chi connectivity index (χ1) is 9.22. The zero-order valence-corrected chi connectivity index (χ0v) is 10.5. The molecule has 3 nitrogen and oxygen atoms in total. The molecule has 0 aromatic heterocycles. The van der Waals surface area contributed by atoms with Crippen LogP contribution in [0.2, 0.25) is 0 Å². The number of carbonyl (C=O) groups is 1. The van der Waals surface area contributed by atoms with E-state index in [0.29, 0.717) is 5.75 Å². The van der Waals surface area contributed by atoms with Gasteiger partial charge in [0.15, 0.2) is 0 Å². The first-order valence-corrected chi connectivity index (χ1v) is 5.86. The van der Waals surface area contributed by atoms with Crippen molar-refractivity contribution in [2.75, 3.05) is 7.11 Å². The standard InChI is InChI=1S/C16H14O3/c1-19-16-13(10-11-15(17)18)8-5-9-14(16)12-6-3-2-4-7-12/h2-11H,1H3,(H,17,18)/b11-10+. The van der Waals surface area contributed by atoms with Crippen LogP contribution in [0.4, 0.5) is 0 Å². The summed E-state index contributed by atoms with van der Waals surface area (Å²) in [6.07, 6.45) is 2.64. The van der Waals surface area contributed by atoms with Gasteiger partial charge < -0.3 is 9.84 Å². The number of aliphatic carboxylic acids is 1. The Morgan fingerprint density at radius 1 is 1.11 bits per heavy atom. The van der Waals surface area contributed by atoms with Gasteiger partial charge in [-0.2, -0.15) is 0 Å². The van der Waals surface area contributed by atoms with Crippen LogP contribution >= 0.6 is 0 Å². The molecule has 2 aromatic carbocycles. The maximum absolute atomic E-state index is 10.6. The second kappa shape index (κ2) is 5.87. The Kier molecular flexibility index (Phi) is 3.98. The van der Waals surface area contributed by atoms with Gasteiger partial charge in [0.1, 0.15) is 5.75 Å². The molecule has 0 amide bonds. The van der Waals surface area contributed by atoms with Gasteiger partial charge in [0.2, 0.25) is 0 Å². The van der Waals surface area contributed by atoms with Crippen molar-refractivity contribution in [1.82, 2.24) is 0 Å². The summed E-state index contributed by atoms with van der Waals surface area (Å²) in [5, 5.41) is 8.70. The van der Waals surface area contributed by atoms with Crippen LogP contribution in [0.15, 0.2) is 54.6 Å². The molecular formula is C16H14O3. The van der Waals surface area contributed by atoms with Gasteiger partial charge in [-0.15, -0.1) is 0 Å². The number of methoxy groups -OCH3 is 1. The lowest BCUT2D eigenvalue weighted by Crippen LogP contribution is -1.92. The van der Waals surface area contributed by atoms with E-state index in [2.05, 4.69) is 0 Å². The average molecular weight is 254 g/mol. The van der Waals surface area contributed by atoms with E-state index in [1.807, 2.05) is 48.5 Å². The molecule has 1 N–H and O–H groups in total. The van der Waals surface area contributed by atoms with E-state index >= 15 is 0 Å². The van der Waals surface area contributed by atoms with E-state index in [4.69, 9.17) is 9.84 Å². The number of carboxylic acid groups (broad SMARTS) is 1. The van der Waals surface area contributed by atoms with Crippen LogP contribution in [-0.4, -0.2) is 18.2 Å². The van der Waals surface area contributed by atoms with E-state index in [1.165, 1.54) is 6.08 Å². The highest BCUT2D eigenvalue weighted by Crippen LogP contribution is 2.33. The smallest absolute Gasteiger partial charge is 0.328 e. The molecule has 0 aliphatic heterocycles. The Labute approximate surface area is 111 Å². The van der Waals surface area contributed by atoms with Crippen LogP contribution in [0.3, 0.4) is 0 Å². The molecule has 3 heteroatoms. The van der Waals surface area contributed by atoms with Gasteiger partial charge in [0.25, 0.3) is 0 Å². The van der Waals surface area contributed by atoms with Gasteiger partial charge in [-0.05, 0) is 11.6 Å². The number of para-hydroxylation sites is 1. The number of hydrogen-bond acceptors (Lipinski definition) is 2. The number of rotatable bonds is 4. The Morgan fingerprint density at radius 2 is 1.84 bits per heavy atom. The van der Waals surface area contributed by atoms with Crippen LogP contribution in [-0.2, 0) is 4.79 Å². The predicted octanol–water partition coefficient (Wildman–Crippen LogP) is 3.46. The molecule has 96 valence electrons. The maximum atomic E-state index is 10.6. The van der Waals surface area contributed by atoms with E-state index in [1.54, 1.807) is 7.11 Å². The van der Waals surface area contributed by atoms with Crippen molar-refractivity contribution in [3.63, 3.8) is 0 Å². The van der Waals surface area contributed by atoms with Crippen LogP contribution in [0.5, 0.6) is 5.75 Å². The van der Waals surface area contributed by atoms with Crippen molar-refractivity contribution in [2.45, 2.75) is 0 Å². The van der Waals surface area contributed by atoms with Crippen molar-refractivity contribution in [1.29, 1.82) is 0 Å². The molecule has 0 unspecified atom stereocenters. The minimum Gasteiger partial charge on any atom is -0.495 e. The predicted molar refractivity (Wildman–Crippen MR) is 75.1 cm³/mol. The Balaban J connectivity index is 2.51. The normalized spacial score (nSPS) is 10.6. The van der Waals surface area contributed by atoms with E-state index in [-0.39, 0.29) is 0 Å². The summed E-state index contributed by atoms with van der Waals surface area (Å²) in [5.41, 5.74) is 2.71. The largest absolute Gasteiger partial charge is 0.495 e.